The number of carbonyl (C=O) groups excluding carboxylic acids is 1. The summed E-state index contributed by atoms with van der Waals surface area (Å²) in [5.41, 5.74) is 0.368. The molecular weight excluding hydrogens is 298 g/mol. The number of phenols is 1. The van der Waals surface area contributed by atoms with Gasteiger partial charge in [-0.05, 0) is 30.7 Å². The standard InChI is InChI=1S/C13H10ClN3O4/c1-7-2-3-8(10(18)6-7)13(19)16-12-9(17(20)21)4-5-11(14)15-12/h2-6,18H,1H3,(H,15,16,19). The van der Waals surface area contributed by atoms with Crippen LogP contribution in [0.5, 0.6) is 5.75 Å². The third kappa shape index (κ3) is 3.26. The lowest BCUT2D eigenvalue weighted by Crippen LogP contribution is -2.14. The minimum Gasteiger partial charge on any atom is -0.507 e. The Morgan fingerprint density at radius 3 is 2.71 bits per heavy atom. The smallest absolute Gasteiger partial charge is 0.311 e. The van der Waals surface area contributed by atoms with Crippen molar-refractivity contribution in [3.8, 4) is 5.75 Å². The molecule has 0 atom stereocenters. The molecule has 2 aromatic rings. The topological polar surface area (TPSA) is 105 Å². The van der Waals surface area contributed by atoms with Crippen molar-refractivity contribution in [2.45, 2.75) is 6.92 Å². The van der Waals surface area contributed by atoms with Gasteiger partial charge in [0, 0.05) is 6.07 Å². The Labute approximate surface area is 124 Å². The van der Waals surface area contributed by atoms with Crippen molar-refractivity contribution < 1.29 is 14.8 Å². The number of benzene rings is 1. The zero-order valence-electron chi connectivity index (χ0n) is 10.8. The molecule has 1 aromatic heterocycles. The SMILES string of the molecule is Cc1ccc(C(=O)Nc2nc(Cl)ccc2[N+](=O)[O-])c(O)c1. The van der Waals surface area contributed by atoms with Crippen LogP contribution >= 0.6 is 11.6 Å². The Hall–Kier alpha value is -2.67. The summed E-state index contributed by atoms with van der Waals surface area (Å²) in [6.45, 7) is 1.75. The van der Waals surface area contributed by atoms with Gasteiger partial charge in [0.2, 0.25) is 5.82 Å². The van der Waals surface area contributed by atoms with Crippen LogP contribution < -0.4 is 5.32 Å². The number of halogens is 1. The fourth-order valence-electron chi connectivity index (χ4n) is 1.68. The number of nitro groups is 1. The lowest BCUT2D eigenvalue weighted by Gasteiger charge is -2.07. The van der Waals surface area contributed by atoms with E-state index < -0.39 is 10.8 Å². The number of aryl methyl sites for hydroxylation is 1. The second-order valence-electron chi connectivity index (χ2n) is 4.23. The number of phenolic OH excluding ortho intramolecular Hbond substituents is 1. The summed E-state index contributed by atoms with van der Waals surface area (Å²) in [5.74, 6) is -1.22. The minimum absolute atomic E-state index is 0.00373. The molecule has 2 rings (SSSR count). The highest BCUT2D eigenvalue weighted by molar-refractivity contribution is 6.29. The summed E-state index contributed by atoms with van der Waals surface area (Å²) in [7, 11) is 0. The first-order valence-corrected chi connectivity index (χ1v) is 6.18. The van der Waals surface area contributed by atoms with E-state index in [0.29, 0.717) is 0 Å². The number of nitrogens with zero attached hydrogens (tertiary/aromatic N) is 2. The molecular formula is C13H10ClN3O4. The van der Waals surface area contributed by atoms with Crippen LogP contribution in [0.25, 0.3) is 0 Å². The first-order valence-electron chi connectivity index (χ1n) is 5.80. The molecule has 0 saturated carbocycles. The lowest BCUT2D eigenvalue weighted by molar-refractivity contribution is -0.384. The van der Waals surface area contributed by atoms with Crippen molar-refractivity contribution in [3.05, 3.63) is 56.7 Å². The predicted octanol–water partition coefficient (Wildman–Crippen LogP) is 2.91. The summed E-state index contributed by atoms with van der Waals surface area (Å²) in [6.07, 6.45) is 0. The highest BCUT2D eigenvalue weighted by atomic mass is 35.5. The van der Waals surface area contributed by atoms with Crippen molar-refractivity contribution in [2.24, 2.45) is 0 Å². The molecule has 7 nitrogen and oxygen atoms in total. The van der Waals surface area contributed by atoms with Crippen LogP contribution in [0.1, 0.15) is 15.9 Å². The van der Waals surface area contributed by atoms with Crippen LogP contribution in [-0.2, 0) is 0 Å². The van der Waals surface area contributed by atoms with E-state index >= 15 is 0 Å². The maximum Gasteiger partial charge on any atom is 0.311 e. The molecule has 0 saturated heterocycles. The average molecular weight is 308 g/mol. The average Bonchev–Trinajstić information content (AvgIpc) is 2.37. The van der Waals surface area contributed by atoms with Crippen LogP contribution in [-0.4, -0.2) is 20.9 Å². The highest BCUT2D eigenvalue weighted by Crippen LogP contribution is 2.26. The van der Waals surface area contributed by atoms with Gasteiger partial charge in [0.05, 0.1) is 10.5 Å². The molecule has 1 heterocycles. The summed E-state index contributed by atoms with van der Waals surface area (Å²) in [4.78, 5) is 26.0. The van der Waals surface area contributed by atoms with Crippen molar-refractivity contribution in [1.82, 2.24) is 4.98 Å². The maximum atomic E-state index is 12.1. The molecule has 0 aliphatic rings. The molecule has 1 aromatic carbocycles. The van der Waals surface area contributed by atoms with Gasteiger partial charge in [-0.15, -0.1) is 0 Å². The number of aromatic nitrogens is 1. The van der Waals surface area contributed by atoms with E-state index in [2.05, 4.69) is 10.3 Å². The number of rotatable bonds is 3. The number of hydrogen-bond donors (Lipinski definition) is 2. The van der Waals surface area contributed by atoms with E-state index in [1.807, 2.05) is 0 Å². The highest BCUT2D eigenvalue weighted by Gasteiger charge is 2.20. The summed E-state index contributed by atoms with van der Waals surface area (Å²) in [6, 6.07) is 6.85. The Morgan fingerprint density at radius 2 is 2.10 bits per heavy atom. The molecule has 8 heteroatoms. The fraction of sp³-hybridized carbons (Fsp3) is 0.0769. The Bertz CT molecular complexity index is 733. The van der Waals surface area contributed by atoms with E-state index in [4.69, 9.17) is 11.6 Å². The summed E-state index contributed by atoms with van der Waals surface area (Å²) >= 11 is 5.67. The largest absolute Gasteiger partial charge is 0.507 e. The van der Waals surface area contributed by atoms with Crippen LogP contribution in [0.3, 0.4) is 0 Å². The first kappa shape index (κ1) is 14.7. The quantitative estimate of drug-likeness (QED) is 0.515. The molecule has 0 spiro atoms. The van der Waals surface area contributed by atoms with Crippen molar-refractivity contribution >= 4 is 29.0 Å². The monoisotopic (exact) mass is 307 g/mol. The number of nitrogens with one attached hydrogen (secondary N) is 1. The molecule has 108 valence electrons. The summed E-state index contributed by atoms with van der Waals surface area (Å²) < 4.78 is 0. The molecule has 0 fully saturated rings. The molecule has 0 unspecified atom stereocenters. The van der Waals surface area contributed by atoms with Gasteiger partial charge in [-0.25, -0.2) is 4.98 Å². The van der Waals surface area contributed by atoms with Crippen LogP contribution in [0.4, 0.5) is 11.5 Å². The number of amides is 1. The minimum atomic E-state index is -0.717. The van der Waals surface area contributed by atoms with Gasteiger partial charge >= 0.3 is 5.69 Å². The predicted molar refractivity (Wildman–Crippen MR) is 76.7 cm³/mol. The maximum absolute atomic E-state index is 12.1. The number of carbonyl (C=O) groups is 1. The Balaban J connectivity index is 2.35. The molecule has 1 amide bonds. The van der Waals surface area contributed by atoms with E-state index in [9.17, 15) is 20.0 Å². The fourth-order valence-corrected chi connectivity index (χ4v) is 1.82. The second-order valence-corrected chi connectivity index (χ2v) is 4.62. The Kier molecular flexibility index (Phi) is 4.04. The van der Waals surface area contributed by atoms with Crippen LogP contribution in [0.2, 0.25) is 5.15 Å². The van der Waals surface area contributed by atoms with Gasteiger partial charge in [-0.3, -0.25) is 14.9 Å². The van der Waals surface area contributed by atoms with Crippen LogP contribution in [0.15, 0.2) is 30.3 Å². The van der Waals surface area contributed by atoms with Crippen molar-refractivity contribution in [1.29, 1.82) is 0 Å². The zero-order chi connectivity index (χ0) is 15.6. The van der Waals surface area contributed by atoms with Gasteiger partial charge in [0.15, 0.2) is 0 Å². The van der Waals surface area contributed by atoms with Crippen molar-refractivity contribution in [3.63, 3.8) is 0 Å². The third-order valence-electron chi connectivity index (χ3n) is 2.67. The van der Waals surface area contributed by atoms with Gasteiger partial charge in [0.25, 0.3) is 5.91 Å². The molecule has 21 heavy (non-hydrogen) atoms. The van der Waals surface area contributed by atoms with Gasteiger partial charge in [0.1, 0.15) is 10.9 Å². The zero-order valence-corrected chi connectivity index (χ0v) is 11.6. The van der Waals surface area contributed by atoms with Gasteiger partial charge < -0.3 is 10.4 Å². The number of anilines is 1. The Morgan fingerprint density at radius 1 is 1.38 bits per heavy atom. The van der Waals surface area contributed by atoms with E-state index in [-0.39, 0.29) is 28.0 Å². The van der Waals surface area contributed by atoms with Crippen molar-refractivity contribution in [2.75, 3.05) is 5.32 Å². The van der Waals surface area contributed by atoms with Gasteiger partial charge in [-0.2, -0.15) is 0 Å². The second kappa shape index (κ2) is 5.76. The summed E-state index contributed by atoms with van der Waals surface area (Å²) in [5, 5.41) is 22.9. The normalized spacial score (nSPS) is 10.2. The van der Waals surface area contributed by atoms with E-state index in [0.717, 1.165) is 11.6 Å². The molecule has 2 N–H and O–H groups in total. The molecule has 0 aliphatic heterocycles. The van der Waals surface area contributed by atoms with Crippen LogP contribution in [0, 0.1) is 17.0 Å². The number of pyridine rings is 1. The van der Waals surface area contributed by atoms with Gasteiger partial charge in [-0.1, -0.05) is 17.7 Å². The third-order valence-corrected chi connectivity index (χ3v) is 2.88. The first-order chi connectivity index (χ1) is 9.88. The molecule has 0 bridgehead atoms. The molecule has 0 radical (unpaired) electrons. The lowest BCUT2D eigenvalue weighted by atomic mass is 10.1. The number of hydrogen-bond acceptors (Lipinski definition) is 5. The molecule has 0 aliphatic carbocycles. The van der Waals surface area contributed by atoms with E-state index in [1.165, 1.54) is 18.2 Å². The number of aromatic hydroxyl groups is 1. The van der Waals surface area contributed by atoms with E-state index in [1.54, 1.807) is 13.0 Å².